The van der Waals surface area contributed by atoms with Crippen LogP contribution in [-0.4, -0.2) is 57.6 Å². The summed E-state index contributed by atoms with van der Waals surface area (Å²) in [7, 11) is 0. The van der Waals surface area contributed by atoms with Gasteiger partial charge in [0.1, 0.15) is 12.6 Å². The number of likely N-dealkylation sites (tertiary alicyclic amines) is 1. The standard InChI is InChI=1S/C16H19N3O4/c1-2-23-14-9-18(8-13(14)20)15(21)10-19-16(22)12-6-4-3-5-11(12)7-17-19/h3-7,13-14,20H,2,8-10H2,1H3/t13-,14-/m0/s1. The molecule has 2 atom stereocenters. The fourth-order valence-electron chi connectivity index (χ4n) is 2.81. The Labute approximate surface area is 133 Å². The lowest BCUT2D eigenvalue weighted by Gasteiger charge is -2.16. The molecule has 7 heteroatoms. The first kappa shape index (κ1) is 15.6. The van der Waals surface area contributed by atoms with Gasteiger partial charge in [-0.2, -0.15) is 5.10 Å². The number of β-amino-alcohol motifs (C(OH)–C–C–N with tert-alkyl or cyclic N) is 1. The van der Waals surface area contributed by atoms with E-state index in [0.717, 1.165) is 10.1 Å². The van der Waals surface area contributed by atoms with Crippen LogP contribution in [0, 0.1) is 0 Å². The molecular weight excluding hydrogens is 298 g/mol. The van der Waals surface area contributed by atoms with Crippen molar-refractivity contribution in [1.82, 2.24) is 14.7 Å². The van der Waals surface area contributed by atoms with Gasteiger partial charge in [0.15, 0.2) is 0 Å². The molecule has 0 spiro atoms. The number of aromatic nitrogens is 2. The number of ether oxygens (including phenoxy) is 1. The minimum absolute atomic E-state index is 0.144. The van der Waals surface area contributed by atoms with Crippen molar-refractivity contribution in [2.45, 2.75) is 25.7 Å². The number of hydrogen-bond donors (Lipinski definition) is 1. The Hall–Kier alpha value is -2.25. The van der Waals surface area contributed by atoms with E-state index < -0.39 is 6.10 Å². The van der Waals surface area contributed by atoms with Crippen LogP contribution in [0.3, 0.4) is 0 Å². The Bertz CT molecular complexity index is 773. The molecule has 2 heterocycles. The number of fused-ring (bicyclic) bond motifs is 1. The summed E-state index contributed by atoms with van der Waals surface area (Å²) in [4.78, 5) is 26.2. The van der Waals surface area contributed by atoms with Crippen LogP contribution in [0.15, 0.2) is 35.3 Å². The number of carbonyl (C=O) groups is 1. The monoisotopic (exact) mass is 317 g/mol. The first-order chi connectivity index (χ1) is 11.1. The highest BCUT2D eigenvalue weighted by Gasteiger charge is 2.34. The minimum atomic E-state index is -0.694. The molecule has 122 valence electrons. The number of carbonyl (C=O) groups excluding carboxylic acids is 1. The first-order valence-corrected chi connectivity index (χ1v) is 7.62. The Morgan fingerprint density at radius 3 is 2.96 bits per heavy atom. The van der Waals surface area contributed by atoms with Gasteiger partial charge in [-0.1, -0.05) is 18.2 Å². The molecule has 2 aromatic rings. The van der Waals surface area contributed by atoms with Crippen LogP contribution in [-0.2, 0) is 16.1 Å². The SMILES string of the molecule is CCO[C@H]1CN(C(=O)Cn2ncc3ccccc3c2=O)C[C@@H]1O. The van der Waals surface area contributed by atoms with Crippen LogP contribution in [0.2, 0.25) is 0 Å². The van der Waals surface area contributed by atoms with Gasteiger partial charge in [0.05, 0.1) is 17.7 Å². The van der Waals surface area contributed by atoms with E-state index in [1.54, 1.807) is 24.4 Å². The Balaban J connectivity index is 1.76. The number of aliphatic hydroxyl groups is 1. The van der Waals surface area contributed by atoms with Gasteiger partial charge in [-0.15, -0.1) is 0 Å². The van der Waals surface area contributed by atoms with Crippen molar-refractivity contribution in [2.75, 3.05) is 19.7 Å². The summed E-state index contributed by atoms with van der Waals surface area (Å²) in [5.74, 6) is -0.254. The molecule has 1 fully saturated rings. The van der Waals surface area contributed by atoms with Gasteiger partial charge >= 0.3 is 0 Å². The van der Waals surface area contributed by atoms with E-state index in [0.29, 0.717) is 18.5 Å². The zero-order valence-corrected chi connectivity index (χ0v) is 12.9. The van der Waals surface area contributed by atoms with Gasteiger partial charge < -0.3 is 14.7 Å². The van der Waals surface area contributed by atoms with Crippen LogP contribution >= 0.6 is 0 Å². The van der Waals surface area contributed by atoms with E-state index in [4.69, 9.17) is 4.74 Å². The fourth-order valence-corrected chi connectivity index (χ4v) is 2.81. The highest BCUT2D eigenvalue weighted by atomic mass is 16.5. The number of aliphatic hydroxyl groups excluding tert-OH is 1. The third-order valence-electron chi connectivity index (χ3n) is 4.02. The largest absolute Gasteiger partial charge is 0.388 e. The minimum Gasteiger partial charge on any atom is -0.388 e. The molecule has 23 heavy (non-hydrogen) atoms. The maximum absolute atomic E-state index is 12.4. The van der Waals surface area contributed by atoms with E-state index in [9.17, 15) is 14.7 Å². The molecule has 1 aromatic carbocycles. The van der Waals surface area contributed by atoms with E-state index in [1.807, 2.05) is 13.0 Å². The normalized spacial score (nSPS) is 21.0. The third-order valence-corrected chi connectivity index (χ3v) is 4.02. The van der Waals surface area contributed by atoms with Crippen molar-refractivity contribution in [3.63, 3.8) is 0 Å². The molecule has 0 radical (unpaired) electrons. The molecule has 0 saturated carbocycles. The summed E-state index contributed by atoms with van der Waals surface area (Å²) in [6.07, 6.45) is 0.511. The maximum Gasteiger partial charge on any atom is 0.275 e. The van der Waals surface area contributed by atoms with Crippen molar-refractivity contribution in [3.8, 4) is 0 Å². The topological polar surface area (TPSA) is 84.7 Å². The van der Waals surface area contributed by atoms with Crippen LogP contribution in [0.5, 0.6) is 0 Å². The Kier molecular flexibility index (Phi) is 4.40. The summed E-state index contributed by atoms with van der Waals surface area (Å²) in [5, 5.41) is 15.2. The van der Waals surface area contributed by atoms with Gasteiger partial charge in [-0.05, 0) is 13.0 Å². The summed E-state index contributed by atoms with van der Waals surface area (Å²) < 4.78 is 6.56. The molecule has 0 bridgehead atoms. The molecule has 1 saturated heterocycles. The summed E-state index contributed by atoms with van der Waals surface area (Å²) in [5.41, 5.74) is -0.294. The van der Waals surface area contributed by atoms with Crippen molar-refractivity contribution in [3.05, 3.63) is 40.8 Å². The summed E-state index contributed by atoms with van der Waals surface area (Å²) in [6, 6.07) is 7.13. The molecule has 1 aromatic heterocycles. The molecule has 0 aliphatic carbocycles. The predicted molar refractivity (Wildman–Crippen MR) is 84.0 cm³/mol. The van der Waals surface area contributed by atoms with E-state index >= 15 is 0 Å². The quantitative estimate of drug-likeness (QED) is 0.858. The van der Waals surface area contributed by atoms with Crippen molar-refractivity contribution in [2.24, 2.45) is 0 Å². The van der Waals surface area contributed by atoms with Crippen molar-refractivity contribution >= 4 is 16.7 Å². The van der Waals surface area contributed by atoms with Crippen LogP contribution in [0.4, 0.5) is 0 Å². The van der Waals surface area contributed by atoms with Crippen molar-refractivity contribution < 1.29 is 14.6 Å². The maximum atomic E-state index is 12.4. The summed E-state index contributed by atoms with van der Waals surface area (Å²) >= 11 is 0. The smallest absolute Gasteiger partial charge is 0.275 e. The number of hydrogen-bond acceptors (Lipinski definition) is 5. The predicted octanol–water partition coefficient (Wildman–Crippen LogP) is 0.00470. The molecule has 0 unspecified atom stereocenters. The van der Waals surface area contributed by atoms with E-state index in [-0.39, 0.29) is 30.7 Å². The third kappa shape index (κ3) is 3.11. The Morgan fingerprint density at radius 2 is 2.17 bits per heavy atom. The molecule has 3 rings (SSSR count). The number of amides is 1. The highest BCUT2D eigenvalue weighted by molar-refractivity contribution is 5.81. The average Bonchev–Trinajstić information content (AvgIpc) is 2.92. The van der Waals surface area contributed by atoms with Crippen LogP contribution in [0.1, 0.15) is 6.92 Å². The van der Waals surface area contributed by atoms with E-state index in [2.05, 4.69) is 5.10 Å². The van der Waals surface area contributed by atoms with Gasteiger partial charge in [-0.3, -0.25) is 9.59 Å². The number of nitrogens with zero attached hydrogens (tertiary/aromatic N) is 3. The van der Waals surface area contributed by atoms with Crippen LogP contribution in [0.25, 0.3) is 10.8 Å². The first-order valence-electron chi connectivity index (χ1n) is 7.62. The molecule has 1 N–H and O–H groups in total. The van der Waals surface area contributed by atoms with Gasteiger partial charge in [0.2, 0.25) is 5.91 Å². The fraction of sp³-hybridized carbons (Fsp3) is 0.438. The van der Waals surface area contributed by atoms with Gasteiger partial charge in [0.25, 0.3) is 5.56 Å². The van der Waals surface area contributed by atoms with Gasteiger partial charge in [0, 0.05) is 25.1 Å². The molecule has 1 aliphatic rings. The Morgan fingerprint density at radius 1 is 1.39 bits per heavy atom. The lowest BCUT2D eigenvalue weighted by atomic mass is 10.2. The van der Waals surface area contributed by atoms with Crippen molar-refractivity contribution in [1.29, 1.82) is 0 Å². The zero-order valence-electron chi connectivity index (χ0n) is 12.9. The molecular formula is C16H19N3O4. The second kappa shape index (κ2) is 6.47. The van der Waals surface area contributed by atoms with E-state index in [1.165, 1.54) is 4.90 Å². The second-order valence-electron chi connectivity index (χ2n) is 5.55. The second-order valence-corrected chi connectivity index (χ2v) is 5.55. The molecule has 1 amide bonds. The average molecular weight is 317 g/mol. The number of benzene rings is 1. The summed E-state index contributed by atoms with van der Waals surface area (Å²) in [6.45, 7) is 2.72. The number of rotatable bonds is 4. The lowest BCUT2D eigenvalue weighted by molar-refractivity contribution is -0.131. The van der Waals surface area contributed by atoms with Gasteiger partial charge in [-0.25, -0.2) is 4.68 Å². The van der Waals surface area contributed by atoms with Crippen LogP contribution < -0.4 is 5.56 Å². The highest BCUT2D eigenvalue weighted by Crippen LogP contribution is 2.14. The lowest BCUT2D eigenvalue weighted by Crippen LogP contribution is -2.36. The zero-order chi connectivity index (χ0) is 16.4. The molecule has 1 aliphatic heterocycles. The molecule has 7 nitrogen and oxygen atoms in total.